The number of anilines is 1. The van der Waals surface area contributed by atoms with Gasteiger partial charge in [-0.25, -0.2) is 8.42 Å². The van der Waals surface area contributed by atoms with Gasteiger partial charge in [0.1, 0.15) is 0 Å². The zero-order chi connectivity index (χ0) is 21.7. The lowest BCUT2D eigenvalue weighted by Gasteiger charge is -2.26. The smallest absolute Gasteiger partial charge is 0.314 e. The van der Waals surface area contributed by atoms with Crippen LogP contribution in [0.1, 0.15) is 15.9 Å². The Kier molecular flexibility index (Phi) is 5.36. The molecule has 1 amide bonds. The zero-order valence-electron chi connectivity index (χ0n) is 15.1. The summed E-state index contributed by atoms with van der Waals surface area (Å²) in [4.78, 5) is 18.0. The minimum Gasteiger partial charge on any atom is -0.314 e. The van der Waals surface area contributed by atoms with E-state index in [4.69, 9.17) is 11.6 Å². The Morgan fingerprint density at radius 1 is 1.13 bits per heavy atom. The summed E-state index contributed by atoms with van der Waals surface area (Å²) in [5.74, 6) is -0.974. The number of carbonyl (C=O) groups is 1. The van der Waals surface area contributed by atoms with E-state index in [1.165, 1.54) is 4.90 Å². The number of amidine groups is 1. The number of sulfone groups is 1. The maximum Gasteiger partial charge on any atom is 0.416 e. The zero-order valence-corrected chi connectivity index (χ0v) is 17.5. The minimum atomic E-state index is -4.61. The number of fused-ring (bicyclic) bond motifs is 1. The maximum absolute atomic E-state index is 13.3. The van der Waals surface area contributed by atoms with Crippen LogP contribution in [0.25, 0.3) is 0 Å². The first-order valence-corrected chi connectivity index (χ1v) is 11.8. The van der Waals surface area contributed by atoms with E-state index in [0.29, 0.717) is 5.56 Å². The molecule has 0 N–H and O–H groups in total. The number of rotatable bonds is 2. The van der Waals surface area contributed by atoms with E-state index < -0.39 is 38.8 Å². The fourth-order valence-electron chi connectivity index (χ4n) is 3.45. The second kappa shape index (κ2) is 7.58. The van der Waals surface area contributed by atoms with Gasteiger partial charge in [-0.2, -0.15) is 18.2 Å². The largest absolute Gasteiger partial charge is 0.416 e. The van der Waals surface area contributed by atoms with Crippen LogP contribution in [0.3, 0.4) is 0 Å². The Hall–Kier alpha value is -2.04. The molecule has 11 heteroatoms. The van der Waals surface area contributed by atoms with Gasteiger partial charge in [0.15, 0.2) is 15.0 Å². The summed E-state index contributed by atoms with van der Waals surface area (Å²) in [6.07, 6.45) is -4.61. The number of carbonyl (C=O) groups excluding carboxylic acids is 1. The van der Waals surface area contributed by atoms with Gasteiger partial charge in [-0.05, 0) is 30.3 Å². The molecule has 2 aromatic carbocycles. The van der Waals surface area contributed by atoms with Gasteiger partial charge in [-0.1, -0.05) is 41.6 Å². The van der Waals surface area contributed by atoms with E-state index in [2.05, 4.69) is 4.99 Å². The van der Waals surface area contributed by atoms with Crippen molar-refractivity contribution in [3.8, 4) is 0 Å². The molecule has 30 heavy (non-hydrogen) atoms. The molecule has 2 aliphatic heterocycles. The number of halogens is 4. The molecule has 5 nitrogen and oxygen atoms in total. The van der Waals surface area contributed by atoms with E-state index >= 15 is 0 Å². The van der Waals surface area contributed by atoms with Crippen LogP contribution in [0, 0.1) is 0 Å². The molecule has 0 radical (unpaired) electrons. The lowest BCUT2D eigenvalue weighted by molar-refractivity contribution is -0.137. The summed E-state index contributed by atoms with van der Waals surface area (Å²) >= 11 is 7.27. The molecule has 158 valence electrons. The molecule has 2 aliphatic rings. The molecule has 0 aromatic heterocycles. The number of amides is 1. The molecule has 2 atom stereocenters. The Morgan fingerprint density at radius 2 is 1.83 bits per heavy atom. The van der Waals surface area contributed by atoms with Gasteiger partial charge in [-0.15, -0.1) is 0 Å². The predicted octanol–water partition coefficient (Wildman–Crippen LogP) is 4.27. The topological polar surface area (TPSA) is 66.8 Å². The predicted molar refractivity (Wildman–Crippen MR) is 111 cm³/mol. The second-order valence-electron chi connectivity index (χ2n) is 6.90. The van der Waals surface area contributed by atoms with Crippen LogP contribution in [0.4, 0.5) is 18.9 Å². The van der Waals surface area contributed by atoms with Crippen LogP contribution >= 0.6 is 23.4 Å². The van der Waals surface area contributed by atoms with Gasteiger partial charge >= 0.3 is 6.18 Å². The summed E-state index contributed by atoms with van der Waals surface area (Å²) in [5, 5.41) is -0.314. The molecule has 0 spiro atoms. The Balaban J connectivity index is 1.80. The molecule has 0 aliphatic carbocycles. The number of hydrogen-bond acceptors (Lipinski definition) is 4. The highest BCUT2D eigenvalue weighted by Gasteiger charge is 2.50. The van der Waals surface area contributed by atoms with Gasteiger partial charge in [0.05, 0.1) is 33.8 Å². The monoisotopic (exact) mass is 474 g/mol. The number of hydrogen-bond donors (Lipinski definition) is 0. The summed E-state index contributed by atoms with van der Waals surface area (Å²) < 4.78 is 64.0. The third kappa shape index (κ3) is 4.08. The van der Waals surface area contributed by atoms with E-state index in [1.54, 1.807) is 30.3 Å². The SMILES string of the molecule is O=C(N=C1SC2CS(=O)(=O)CC2N1c1cc(C(F)(F)F)ccc1Cl)c1ccccc1. The first-order chi connectivity index (χ1) is 14.0. The van der Waals surface area contributed by atoms with Crippen molar-refractivity contribution in [2.75, 3.05) is 16.4 Å². The van der Waals surface area contributed by atoms with Gasteiger partial charge in [0.2, 0.25) is 0 Å². The van der Waals surface area contributed by atoms with Gasteiger partial charge in [0, 0.05) is 10.8 Å². The van der Waals surface area contributed by atoms with Crippen molar-refractivity contribution < 1.29 is 26.4 Å². The van der Waals surface area contributed by atoms with Crippen LogP contribution in [-0.4, -0.2) is 42.3 Å². The minimum absolute atomic E-state index is 0.00779. The first kappa shape index (κ1) is 21.2. The van der Waals surface area contributed by atoms with Crippen molar-refractivity contribution in [1.29, 1.82) is 0 Å². The third-order valence-corrected chi connectivity index (χ3v) is 8.35. The molecule has 2 unspecified atom stereocenters. The second-order valence-corrected chi connectivity index (χ2v) is 10.7. The normalized spacial score (nSPS) is 24.3. The molecular formula is C19H14ClF3N2O3S2. The summed E-state index contributed by atoms with van der Waals surface area (Å²) in [5.41, 5.74) is -0.640. The highest BCUT2D eigenvalue weighted by molar-refractivity contribution is 8.16. The number of benzene rings is 2. The lowest BCUT2D eigenvalue weighted by Crippen LogP contribution is -2.38. The van der Waals surface area contributed by atoms with Gasteiger partial charge < -0.3 is 4.90 Å². The molecule has 2 fully saturated rings. The van der Waals surface area contributed by atoms with Crippen molar-refractivity contribution in [3.63, 3.8) is 0 Å². The Morgan fingerprint density at radius 3 is 2.50 bits per heavy atom. The van der Waals surface area contributed by atoms with Crippen LogP contribution in [-0.2, 0) is 16.0 Å². The van der Waals surface area contributed by atoms with Crippen LogP contribution in [0.2, 0.25) is 5.02 Å². The van der Waals surface area contributed by atoms with E-state index in [-0.39, 0.29) is 27.4 Å². The van der Waals surface area contributed by atoms with Crippen molar-refractivity contribution >= 4 is 50.0 Å². The van der Waals surface area contributed by atoms with Crippen LogP contribution in [0.5, 0.6) is 0 Å². The lowest BCUT2D eigenvalue weighted by atomic mass is 10.1. The summed E-state index contributed by atoms with van der Waals surface area (Å²) in [6, 6.07) is 10.4. The Labute approximate surface area is 179 Å². The molecule has 0 saturated carbocycles. The fourth-order valence-corrected chi connectivity index (χ4v) is 7.57. The van der Waals surface area contributed by atoms with E-state index in [1.807, 2.05) is 0 Å². The Bertz CT molecular complexity index is 1140. The first-order valence-electron chi connectivity index (χ1n) is 8.76. The third-order valence-electron chi connectivity index (χ3n) is 4.82. The van der Waals surface area contributed by atoms with Gasteiger partial charge in [0.25, 0.3) is 5.91 Å². The molecule has 0 bridgehead atoms. The summed E-state index contributed by atoms with van der Waals surface area (Å²) in [7, 11) is -3.37. The standard InChI is InChI=1S/C19H14ClF3N2O3S2/c20-13-7-6-12(19(21,22)23)8-14(13)25-15-9-30(27,28)10-16(15)29-18(25)24-17(26)11-4-2-1-3-5-11/h1-8,15-16H,9-10H2. The molecule has 2 heterocycles. The van der Waals surface area contributed by atoms with Gasteiger partial charge in [-0.3, -0.25) is 4.79 Å². The van der Waals surface area contributed by atoms with Crippen LogP contribution in [0.15, 0.2) is 53.5 Å². The van der Waals surface area contributed by atoms with Crippen molar-refractivity contribution in [1.82, 2.24) is 0 Å². The number of alkyl halides is 3. The number of thioether (sulfide) groups is 1. The molecule has 2 aromatic rings. The molecule has 2 saturated heterocycles. The van der Waals surface area contributed by atoms with Crippen molar-refractivity contribution in [2.24, 2.45) is 4.99 Å². The fraction of sp³-hybridized carbons (Fsp3) is 0.263. The quantitative estimate of drug-likeness (QED) is 0.650. The number of aliphatic imine (C=N–C) groups is 1. The molecule has 4 rings (SSSR count). The average molecular weight is 475 g/mol. The van der Waals surface area contributed by atoms with E-state index in [0.717, 1.165) is 30.0 Å². The average Bonchev–Trinajstić information content (AvgIpc) is 3.13. The highest BCUT2D eigenvalue weighted by atomic mass is 35.5. The number of nitrogens with zero attached hydrogens (tertiary/aromatic N) is 2. The maximum atomic E-state index is 13.3. The van der Waals surface area contributed by atoms with Crippen LogP contribution < -0.4 is 4.90 Å². The highest BCUT2D eigenvalue weighted by Crippen LogP contribution is 2.44. The van der Waals surface area contributed by atoms with E-state index in [9.17, 15) is 26.4 Å². The molecular weight excluding hydrogens is 461 g/mol. The van der Waals surface area contributed by atoms with Crippen molar-refractivity contribution in [3.05, 3.63) is 64.7 Å². The summed E-state index contributed by atoms with van der Waals surface area (Å²) in [6.45, 7) is 0. The van der Waals surface area contributed by atoms with Crippen molar-refractivity contribution in [2.45, 2.75) is 17.5 Å².